The fraction of sp³-hybridized carbons (Fsp3) is 0.419. The van der Waals surface area contributed by atoms with E-state index in [9.17, 15) is 29.7 Å². The van der Waals surface area contributed by atoms with Gasteiger partial charge in [-0.25, -0.2) is 19.4 Å². The van der Waals surface area contributed by atoms with Gasteiger partial charge in [-0.1, -0.05) is 0 Å². The quantitative estimate of drug-likeness (QED) is 0.333. The van der Waals surface area contributed by atoms with Gasteiger partial charge in [0.1, 0.15) is 11.1 Å². The van der Waals surface area contributed by atoms with Crippen molar-refractivity contribution in [2.45, 2.75) is 71.9 Å². The fourth-order valence-corrected chi connectivity index (χ4v) is 5.42. The van der Waals surface area contributed by atoms with Crippen molar-refractivity contribution in [2.24, 2.45) is 0 Å². The molecule has 0 spiro atoms. The second-order valence-corrected chi connectivity index (χ2v) is 11.6. The lowest BCUT2D eigenvalue weighted by Crippen LogP contribution is -2.45. The van der Waals surface area contributed by atoms with Crippen molar-refractivity contribution >= 4 is 35.3 Å². The van der Waals surface area contributed by atoms with Crippen molar-refractivity contribution in [3.8, 4) is 12.1 Å². The minimum Gasteiger partial charge on any atom is -0.310 e. The normalized spacial score (nSPS) is 17.9. The molecule has 2 aliphatic rings. The minimum absolute atomic E-state index is 0.326. The van der Waals surface area contributed by atoms with Crippen LogP contribution in [0.25, 0.3) is 0 Å². The first-order valence-corrected chi connectivity index (χ1v) is 13.6. The SMILES string of the molecule is Cc1cc(N2C(=O)N(CCCCCN3C(=O)N(c4ccc(C#N)c(C)c4)C(=O)C3(C)C)C(C)(C)C2=O)ccc1C#N. The van der Waals surface area contributed by atoms with Gasteiger partial charge in [0.15, 0.2) is 0 Å². The van der Waals surface area contributed by atoms with Gasteiger partial charge in [0, 0.05) is 13.1 Å². The van der Waals surface area contributed by atoms with Crippen LogP contribution in [0.3, 0.4) is 0 Å². The van der Waals surface area contributed by atoms with Gasteiger partial charge in [-0.2, -0.15) is 10.5 Å². The van der Waals surface area contributed by atoms with Crippen LogP contribution in [-0.2, 0) is 9.59 Å². The average Bonchev–Trinajstić information content (AvgIpc) is 3.19. The number of rotatable bonds is 8. The fourth-order valence-electron chi connectivity index (χ4n) is 5.42. The maximum Gasteiger partial charge on any atom is 0.332 e. The van der Waals surface area contributed by atoms with E-state index in [1.807, 2.05) is 0 Å². The molecule has 0 unspecified atom stereocenters. The Hall–Kier alpha value is -4.70. The summed E-state index contributed by atoms with van der Waals surface area (Å²) in [5, 5.41) is 18.4. The highest BCUT2D eigenvalue weighted by Crippen LogP contribution is 2.35. The second kappa shape index (κ2) is 10.7. The number of benzene rings is 2. The van der Waals surface area contributed by atoms with Crippen LogP contribution in [0.4, 0.5) is 21.0 Å². The standard InChI is InChI=1S/C31H34N6O4/c1-20-16-24(12-10-22(20)18-32)36-26(38)30(3,4)34(28(36)40)14-8-7-9-15-35-29(41)37(27(39)31(35,5)6)25-13-11-23(19-33)21(2)17-25/h10-13,16-17H,7-9,14-15H2,1-6H3. The maximum atomic E-state index is 13.3. The van der Waals surface area contributed by atoms with Gasteiger partial charge < -0.3 is 9.80 Å². The van der Waals surface area contributed by atoms with Crippen LogP contribution in [0.2, 0.25) is 0 Å². The molecule has 0 atom stereocenters. The highest BCUT2D eigenvalue weighted by molar-refractivity contribution is 6.23. The number of nitriles is 2. The van der Waals surface area contributed by atoms with Gasteiger partial charge >= 0.3 is 12.1 Å². The Morgan fingerprint density at radius 3 is 1.32 bits per heavy atom. The van der Waals surface area contributed by atoms with Crippen LogP contribution in [0.15, 0.2) is 36.4 Å². The highest BCUT2D eigenvalue weighted by atomic mass is 16.2. The van der Waals surface area contributed by atoms with E-state index in [-0.39, 0.29) is 11.8 Å². The first-order valence-electron chi connectivity index (χ1n) is 13.6. The lowest BCUT2D eigenvalue weighted by atomic mass is 10.0. The molecule has 0 radical (unpaired) electrons. The molecule has 2 aliphatic heterocycles. The largest absolute Gasteiger partial charge is 0.332 e. The number of anilines is 2. The molecular formula is C31H34N6O4. The van der Waals surface area contributed by atoms with Crippen LogP contribution < -0.4 is 9.80 Å². The molecule has 0 bridgehead atoms. The predicted molar refractivity (Wildman–Crippen MR) is 153 cm³/mol. The molecule has 0 saturated carbocycles. The third-order valence-corrected chi connectivity index (χ3v) is 8.09. The zero-order valence-corrected chi connectivity index (χ0v) is 24.3. The lowest BCUT2D eigenvalue weighted by molar-refractivity contribution is -0.124. The van der Waals surface area contributed by atoms with Crippen LogP contribution in [0.1, 0.15) is 69.2 Å². The number of aryl methyl sites for hydroxylation is 2. The van der Waals surface area contributed by atoms with Crippen molar-refractivity contribution in [3.05, 3.63) is 58.7 Å². The molecule has 212 valence electrons. The van der Waals surface area contributed by atoms with E-state index in [0.717, 1.165) is 0 Å². The summed E-state index contributed by atoms with van der Waals surface area (Å²) in [5.74, 6) is -0.652. The smallest absolute Gasteiger partial charge is 0.310 e. The summed E-state index contributed by atoms with van der Waals surface area (Å²) in [5.41, 5.74) is 1.17. The Kier molecular flexibility index (Phi) is 7.64. The summed E-state index contributed by atoms with van der Waals surface area (Å²) in [6.07, 6.45) is 1.89. The number of amides is 6. The molecule has 0 N–H and O–H groups in total. The molecule has 10 heteroatoms. The van der Waals surface area contributed by atoms with Gasteiger partial charge in [-0.05, 0) is 108 Å². The Labute approximate surface area is 240 Å². The molecule has 0 aliphatic carbocycles. The molecule has 41 heavy (non-hydrogen) atoms. The molecule has 2 aromatic rings. The molecule has 2 saturated heterocycles. The molecule has 10 nitrogen and oxygen atoms in total. The molecule has 2 aromatic carbocycles. The Balaban J connectivity index is 1.38. The summed E-state index contributed by atoms with van der Waals surface area (Å²) in [6.45, 7) is 11.1. The van der Waals surface area contributed by atoms with Gasteiger partial charge in [0.05, 0.1) is 34.6 Å². The molecular weight excluding hydrogens is 520 g/mol. The Bertz CT molecular complexity index is 1420. The van der Waals surface area contributed by atoms with Crippen molar-refractivity contribution in [1.82, 2.24) is 9.80 Å². The third-order valence-electron chi connectivity index (χ3n) is 8.09. The molecule has 0 aromatic heterocycles. The predicted octanol–water partition coefficient (Wildman–Crippen LogP) is 5.01. The maximum absolute atomic E-state index is 13.3. The molecule has 6 amide bonds. The summed E-state index contributed by atoms with van der Waals surface area (Å²) in [7, 11) is 0. The first kappa shape index (κ1) is 29.3. The number of hydrogen-bond acceptors (Lipinski definition) is 6. The number of unbranched alkanes of at least 4 members (excludes halogenated alkanes) is 2. The summed E-state index contributed by atoms with van der Waals surface area (Å²) in [6, 6.07) is 13.2. The van der Waals surface area contributed by atoms with E-state index in [2.05, 4.69) is 12.1 Å². The van der Waals surface area contributed by atoms with E-state index in [1.54, 1.807) is 87.7 Å². The van der Waals surface area contributed by atoms with Crippen molar-refractivity contribution in [2.75, 3.05) is 22.9 Å². The van der Waals surface area contributed by atoms with Crippen molar-refractivity contribution < 1.29 is 19.2 Å². The average molecular weight is 555 g/mol. The zero-order valence-electron chi connectivity index (χ0n) is 24.3. The van der Waals surface area contributed by atoms with Crippen LogP contribution in [0, 0.1) is 36.5 Å². The summed E-state index contributed by atoms with van der Waals surface area (Å²) < 4.78 is 0. The van der Waals surface area contributed by atoms with Gasteiger partial charge in [0.2, 0.25) is 0 Å². The van der Waals surface area contributed by atoms with Crippen LogP contribution in [-0.4, -0.2) is 57.8 Å². The minimum atomic E-state index is -1.03. The van der Waals surface area contributed by atoms with Gasteiger partial charge in [-0.3, -0.25) is 9.59 Å². The number of urea groups is 2. The number of nitrogens with zero attached hydrogens (tertiary/aromatic N) is 6. The van der Waals surface area contributed by atoms with E-state index >= 15 is 0 Å². The third kappa shape index (κ3) is 4.91. The van der Waals surface area contributed by atoms with Gasteiger partial charge in [-0.15, -0.1) is 0 Å². The monoisotopic (exact) mass is 554 g/mol. The van der Waals surface area contributed by atoms with E-state index in [0.29, 0.717) is 66.0 Å². The van der Waals surface area contributed by atoms with E-state index in [4.69, 9.17) is 0 Å². The number of carbonyl (C=O) groups is 4. The summed E-state index contributed by atoms with van der Waals surface area (Å²) in [4.78, 5) is 58.6. The van der Waals surface area contributed by atoms with Crippen LogP contribution in [0.5, 0.6) is 0 Å². The second-order valence-electron chi connectivity index (χ2n) is 11.6. The molecule has 2 fully saturated rings. The zero-order chi connectivity index (χ0) is 30.3. The number of carbonyl (C=O) groups excluding carboxylic acids is 4. The lowest BCUT2D eigenvalue weighted by Gasteiger charge is -2.29. The van der Waals surface area contributed by atoms with Gasteiger partial charge in [0.25, 0.3) is 11.8 Å². The Morgan fingerprint density at radius 2 is 1.00 bits per heavy atom. The van der Waals surface area contributed by atoms with Crippen LogP contribution >= 0.6 is 0 Å². The molecule has 4 rings (SSSR count). The van der Waals surface area contributed by atoms with E-state index < -0.39 is 23.1 Å². The highest BCUT2D eigenvalue weighted by Gasteiger charge is 2.52. The molecule has 2 heterocycles. The van der Waals surface area contributed by atoms with Crippen molar-refractivity contribution in [1.29, 1.82) is 10.5 Å². The number of hydrogen-bond donors (Lipinski definition) is 0. The van der Waals surface area contributed by atoms with E-state index in [1.165, 1.54) is 9.80 Å². The Morgan fingerprint density at radius 1 is 0.634 bits per heavy atom. The number of imide groups is 2. The first-order chi connectivity index (χ1) is 19.3. The van der Waals surface area contributed by atoms with Crippen molar-refractivity contribution in [3.63, 3.8) is 0 Å². The topological polar surface area (TPSA) is 129 Å². The summed E-state index contributed by atoms with van der Waals surface area (Å²) >= 11 is 0.